The number of nitrogens with zero attached hydrogens (tertiary/aromatic N) is 5. The fraction of sp³-hybridized carbons (Fsp3) is 0.467. The highest BCUT2D eigenvalue weighted by atomic mass is 32.2. The minimum Gasteiger partial charge on any atom is -0.344 e. The molecule has 1 aliphatic rings. The summed E-state index contributed by atoms with van der Waals surface area (Å²) in [4.78, 5) is 50.8. The van der Waals surface area contributed by atoms with Crippen LogP contribution in [0, 0.1) is 5.92 Å². The Morgan fingerprint density at radius 2 is 1.83 bits per heavy atom. The van der Waals surface area contributed by atoms with Crippen LogP contribution in [0.1, 0.15) is 50.7 Å². The molecule has 0 spiro atoms. The van der Waals surface area contributed by atoms with Crippen LogP contribution in [0.2, 0.25) is 0 Å². The first kappa shape index (κ1) is 30.2. The summed E-state index contributed by atoms with van der Waals surface area (Å²) in [5.41, 5.74) is 1.56. The Morgan fingerprint density at radius 3 is 2.54 bits per heavy atom. The first-order valence-electron chi connectivity index (χ1n) is 14.1. The molecule has 3 heterocycles. The maximum absolute atomic E-state index is 13.5. The van der Waals surface area contributed by atoms with Gasteiger partial charge in [0.1, 0.15) is 6.04 Å². The molecule has 10 nitrogen and oxygen atoms in total. The number of aromatic nitrogens is 4. The van der Waals surface area contributed by atoms with Crippen LogP contribution in [-0.2, 0) is 27.3 Å². The lowest BCUT2D eigenvalue weighted by molar-refractivity contribution is -0.131. The van der Waals surface area contributed by atoms with E-state index in [1.807, 2.05) is 73.3 Å². The van der Waals surface area contributed by atoms with Gasteiger partial charge in [-0.2, -0.15) is 16.9 Å². The molecular weight excluding hydrogens is 538 g/mol. The first-order chi connectivity index (χ1) is 19.9. The zero-order chi connectivity index (χ0) is 29.2. The van der Waals surface area contributed by atoms with E-state index >= 15 is 0 Å². The van der Waals surface area contributed by atoms with Crippen LogP contribution in [0.25, 0.3) is 11.4 Å². The van der Waals surface area contributed by atoms with Crippen molar-refractivity contribution in [2.45, 2.75) is 58.2 Å². The maximum atomic E-state index is 13.5. The third-order valence-corrected chi connectivity index (χ3v) is 7.71. The van der Waals surface area contributed by atoms with Crippen LogP contribution in [-0.4, -0.2) is 73.5 Å². The van der Waals surface area contributed by atoms with Crippen LogP contribution in [0.15, 0.2) is 54.7 Å². The predicted octanol–water partition coefficient (Wildman–Crippen LogP) is 3.26. The highest BCUT2D eigenvalue weighted by molar-refractivity contribution is 7.98. The van der Waals surface area contributed by atoms with Gasteiger partial charge in [0, 0.05) is 37.0 Å². The summed E-state index contributed by atoms with van der Waals surface area (Å²) < 4.78 is 1.82. The van der Waals surface area contributed by atoms with Crippen LogP contribution >= 0.6 is 11.8 Å². The molecule has 0 saturated heterocycles. The fourth-order valence-electron chi connectivity index (χ4n) is 4.79. The fourth-order valence-corrected chi connectivity index (χ4v) is 5.26. The summed E-state index contributed by atoms with van der Waals surface area (Å²) in [7, 11) is 0. The van der Waals surface area contributed by atoms with Crippen molar-refractivity contribution < 1.29 is 14.4 Å². The lowest BCUT2D eigenvalue weighted by Gasteiger charge is -2.28. The van der Waals surface area contributed by atoms with Crippen molar-refractivity contribution in [2.75, 3.05) is 25.1 Å². The summed E-state index contributed by atoms with van der Waals surface area (Å²) in [5.74, 6) is 1.42. The number of hydrogen-bond donors (Lipinski definition) is 2. The van der Waals surface area contributed by atoms with Crippen molar-refractivity contribution >= 4 is 29.5 Å². The Kier molecular flexibility index (Phi) is 10.9. The van der Waals surface area contributed by atoms with Gasteiger partial charge in [-0.05, 0) is 42.9 Å². The number of benzene rings is 1. The van der Waals surface area contributed by atoms with Crippen LogP contribution in [0.5, 0.6) is 0 Å². The monoisotopic (exact) mass is 577 g/mol. The predicted molar refractivity (Wildman–Crippen MR) is 160 cm³/mol. The average molecular weight is 578 g/mol. The summed E-state index contributed by atoms with van der Waals surface area (Å²) in [6.07, 6.45) is 5.04. The van der Waals surface area contributed by atoms with Crippen LogP contribution in [0.3, 0.4) is 0 Å². The lowest BCUT2D eigenvalue weighted by Crippen LogP contribution is -2.49. The normalized spacial score (nSPS) is 18.8. The highest BCUT2D eigenvalue weighted by Crippen LogP contribution is 2.25. The topological polar surface area (TPSA) is 122 Å². The molecule has 0 unspecified atom stereocenters. The number of nitrogens with one attached hydrogen (secondary N) is 2. The maximum Gasteiger partial charge on any atom is 0.243 e. The summed E-state index contributed by atoms with van der Waals surface area (Å²) in [6, 6.07) is 14.1. The van der Waals surface area contributed by atoms with E-state index in [9.17, 15) is 14.4 Å². The minimum atomic E-state index is -0.661. The third kappa shape index (κ3) is 8.39. The molecule has 0 radical (unpaired) electrons. The van der Waals surface area contributed by atoms with E-state index in [1.165, 1.54) is 0 Å². The molecule has 4 rings (SSSR count). The third-order valence-electron chi connectivity index (χ3n) is 7.06. The van der Waals surface area contributed by atoms with Crippen molar-refractivity contribution in [3.05, 3.63) is 66.2 Å². The number of thioether (sulfide) groups is 1. The number of amides is 3. The first-order valence-corrected chi connectivity index (χ1v) is 15.5. The standard InChI is InChI=1S/C30H39N7O3S/c1-21(2)27-29-34-28(22-10-5-4-6-11-22)35-37(29)18-17-36(26(39)20-23-12-7-8-15-31-23)16-9-13-25(38)32-24(14-19-41-3)30(40)33-27/h4-8,10-12,15,21,24,27H,9,13-14,16-20H2,1-3H3,(H,32,38)(H,33,40)/t24-,27+/m0/s1. The number of fused-ring (bicyclic) bond motifs is 1. The van der Waals surface area contributed by atoms with Gasteiger partial charge < -0.3 is 15.5 Å². The average Bonchev–Trinajstić information content (AvgIpc) is 3.39. The molecule has 2 aromatic heterocycles. The number of carbonyl (C=O) groups is 3. The van der Waals surface area contributed by atoms with Gasteiger partial charge >= 0.3 is 0 Å². The Labute approximate surface area is 245 Å². The van der Waals surface area contributed by atoms with Crippen LogP contribution in [0.4, 0.5) is 0 Å². The van der Waals surface area contributed by atoms with E-state index in [4.69, 9.17) is 10.1 Å². The molecule has 0 fully saturated rings. The summed E-state index contributed by atoms with van der Waals surface area (Å²) in [6.45, 7) is 5.22. The van der Waals surface area contributed by atoms with Gasteiger partial charge in [-0.1, -0.05) is 50.2 Å². The SMILES string of the molecule is CSCC[C@@H]1NC(=O)CCCN(C(=O)Cc2ccccn2)CCn2nc(-c3ccccc3)nc2[C@@H](C(C)C)NC1=O. The van der Waals surface area contributed by atoms with Gasteiger partial charge in [0.2, 0.25) is 17.7 Å². The largest absolute Gasteiger partial charge is 0.344 e. The molecule has 0 aliphatic carbocycles. The molecule has 2 atom stereocenters. The molecule has 218 valence electrons. The van der Waals surface area contributed by atoms with E-state index in [2.05, 4.69) is 15.6 Å². The van der Waals surface area contributed by atoms with E-state index in [1.54, 1.807) is 22.9 Å². The molecule has 41 heavy (non-hydrogen) atoms. The molecule has 3 aromatic rings. The Morgan fingerprint density at radius 1 is 1.05 bits per heavy atom. The summed E-state index contributed by atoms with van der Waals surface area (Å²) >= 11 is 1.63. The molecule has 0 bridgehead atoms. The van der Waals surface area contributed by atoms with Crippen molar-refractivity contribution in [1.29, 1.82) is 0 Å². The van der Waals surface area contributed by atoms with Gasteiger partial charge in [-0.3, -0.25) is 19.4 Å². The molecular formula is C30H39N7O3S. The number of hydrogen-bond acceptors (Lipinski definition) is 7. The number of pyridine rings is 1. The lowest BCUT2D eigenvalue weighted by atomic mass is 10.0. The zero-order valence-corrected chi connectivity index (χ0v) is 24.8. The van der Waals surface area contributed by atoms with Crippen molar-refractivity contribution in [3.8, 4) is 11.4 Å². The Bertz CT molecular complexity index is 1300. The van der Waals surface area contributed by atoms with Gasteiger partial charge in [-0.15, -0.1) is 0 Å². The number of rotatable bonds is 7. The van der Waals surface area contributed by atoms with Crippen molar-refractivity contribution in [3.63, 3.8) is 0 Å². The minimum absolute atomic E-state index is 0.00257. The van der Waals surface area contributed by atoms with Crippen molar-refractivity contribution in [2.24, 2.45) is 5.92 Å². The second kappa shape index (κ2) is 14.8. The van der Waals surface area contributed by atoms with Crippen molar-refractivity contribution in [1.82, 2.24) is 35.3 Å². The second-order valence-electron chi connectivity index (χ2n) is 10.5. The van der Waals surface area contributed by atoms with E-state index in [0.717, 1.165) is 11.3 Å². The molecule has 1 aliphatic heterocycles. The van der Waals surface area contributed by atoms with E-state index in [-0.39, 0.29) is 36.5 Å². The highest BCUT2D eigenvalue weighted by Gasteiger charge is 2.30. The summed E-state index contributed by atoms with van der Waals surface area (Å²) in [5, 5.41) is 10.9. The quantitative estimate of drug-likeness (QED) is 0.442. The molecule has 3 amide bonds. The molecule has 0 saturated carbocycles. The van der Waals surface area contributed by atoms with Gasteiger partial charge in [0.05, 0.1) is 19.0 Å². The Balaban J connectivity index is 1.69. The van der Waals surface area contributed by atoms with Gasteiger partial charge in [0.25, 0.3) is 0 Å². The molecule has 2 N–H and O–H groups in total. The van der Waals surface area contributed by atoms with E-state index < -0.39 is 12.1 Å². The second-order valence-corrected chi connectivity index (χ2v) is 11.5. The van der Waals surface area contributed by atoms with Crippen LogP contribution < -0.4 is 10.6 Å². The zero-order valence-electron chi connectivity index (χ0n) is 24.0. The number of carbonyl (C=O) groups excluding carboxylic acids is 3. The Hall–Kier alpha value is -3.73. The molecule has 11 heteroatoms. The van der Waals surface area contributed by atoms with Gasteiger partial charge in [0.15, 0.2) is 11.6 Å². The van der Waals surface area contributed by atoms with E-state index in [0.29, 0.717) is 49.8 Å². The molecule has 1 aromatic carbocycles. The smallest absolute Gasteiger partial charge is 0.243 e. The van der Waals surface area contributed by atoms with Gasteiger partial charge in [-0.25, -0.2) is 9.67 Å².